The van der Waals surface area contributed by atoms with Crippen LogP contribution in [0.5, 0.6) is 0 Å². The largest absolute Gasteiger partial charge is 0.462 e. The molecule has 0 N–H and O–H groups in total. The first-order chi connectivity index (χ1) is 27.5. The van der Waals surface area contributed by atoms with Crippen LogP contribution in [0, 0.1) is 0 Å². The molecule has 6 heteroatoms. The first-order valence-corrected chi connectivity index (χ1v) is 24.0. The van der Waals surface area contributed by atoms with Crippen molar-refractivity contribution in [3.05, 3.63) is 36.5 Å². The van der Waals surface area contributed by atoms with E-state index in [-0.39, 0.29) is 31.1 Å². The molecule has 6 nitrogen and oxygen atoms in total. The second-order valence-electron chi connectivity index (χ2n) is 16.0. The molecule has 0 heterocycles. The summed E-state index contributed by atoms with van der Waals surface area (Å²) < 4.78 is 16.7. The lowest BCUT2D eigenvalue weighted by Gasteiger charge is -2.18. The average molecular weight is 787 g/mol. The second-order valence-corrected chi connectivity index (χ2v) is 16.0. The van der Waals surface area contributed by atoms with Crippen molar-refractivity contribution >= 4 is 17.9 Å². The Morgan fingerprint density at radius 1 is 0.375 bits per heavy atom. The van der Waals surface area contributed by atoms with Gasteiger partial charge in [0.15, 0.2) is 6.10 Å². The molecule has 0 aliphatic carbocycles. The van der Waals surface area contributed by atoms with Crippen LogP contribution in [0.4, 0.5) is 0 Å². The summed E-state index contributed by atoms with van der Waals surface area (Å²) in [7, 11) is 0. The molecule has 0 aromatic carbocycles. The lowest BCUT2D eigenvalue weighted by molar-refractivity contribution is -0.167. The molecule has 0 aromatic heterocycles. The number of rotatable bonds is 43. The molecule has 0 fully saturated rings. The summed E-state index contributed by atoms with van der Waals surface area (Å²) in [6.07, 6.45) is 51.2. The number of carbonyl (C=O) groups excluding carboxylic acids is 3. The molecule has 0 aliphatic heterocycles. The summed E-state index contributed by atoms with van der Waals surface area (Å²) in [5, 5.41) is 0. The summed E-state index contributed by atoms with van der Waals surface area (Å²) in [5.41, 5.74) is 0. The van der Waals surface area contributed by atoms with E-state index in [4.69, 9.17) is 14.2 Å². The molecule has 0 bridgehead atoms. The third-order valence-corrected chi connectivity index (χ3v) is 10.4. The molecule has 0 aromatic rings. The Balaban J connectivity index is 4.34. The topological polar surface area (TPSA) is 78.9 Å². The van der Waals surface area contributed by atoms with Gasteiger partial charge >= 0.3 is 17.9 Å². The van der Waals surface area contributed by atoms with Gasteiger partial charge in [-0.15, -0.1) is 0 Å². The van der Waals surface area contributed by atoms with E-state index >= 15 is 0 Å². The number of carbonyl (C=O) groups is 3. The molecule has 0 saturated carbocycles. The highest BCUT2D eigenvalue weighted by atomic mass is 16.6. The van der Waals surface area contributed by atoms with Gasteiger partial charge < -0.3 is 14.2 Å². The molecule has 56 heavy (non-hydrogen) atoms. The van der Waals surface area contributed by atoms with E-state index in [1.165, 1.54) is 128 Å². The van der Waals surface area contributed by atoms with E-state index < -0.39 is 6.10 Å². The van der Waals surface area contributed by atoms with Crippen molar-refractivity contribution in [2.75, 3.05) is 13.2 Å². The van der Waals surface area contributed by atoms with Crippen molar-refractivity contribution in [2.24, 2.45) is 0 Å². The van der Waals surface area contributed by atoms with E-state index in [1.807, 2.05) is 0 Å². The molecule has 1 atom stereocenters. The van der Waals surface area contributed by atoms with Gasteiger partial charge in [-0.05, 0) is 70.6 Å². The quantitative estimate of drug-likeness (QED) is 0.0265. The maximum absolute atomic E-state index is 12.7. The zero-order valence-corrected chi connectivity index (χ0v) is 37.2. The molecule has 0 rings (SSSR count). The molecule has 326 valence electrons. The number of allylic oxidation sites excluding steroid dienone is 6. The van der Waals surface area contributed by atoms with Crippen LogP contribution in [-0.2, 0) is 28.6 Å². The van der Waals surface area contributed by atoms with Crippen LogP contribution in [-0.4, -0.2) is 37.2 Å². The van der Waals surface area contributed by atoms with Gasteiger partial charge in [0.2, 0.25) is 0 Å². The Labute approximate surface area is 346 Å². The highest BCUT2D eigenvalue weighted by Gasteiger charge is 2.19. The minimum atomic E-state index is -0.772. The molecule has 0 saturated heterocycles. The Hall–Kier alpha value is -2.37. The first-order valence-electron chi connectivity index (χ1n) is 24.0. The molecular weight excluding hydrogens is 697 g/mol. The molecule has 0 radical (unpaired) electrons. The Bertz CT molecular complexity index is 953. The van der Waals surface area contributed by atoms with Gasteiger partial charge in [0.1, 0.15) is 13.2 Å². The fourth-order valence-corrected chi connectivity index (χ4v) is 6.77. The number of ether oxygens (including phenoxy) is 3. The number of hydrogen-bond acceptors (Lipinski definition) is 6. The van der Waals surface area contributed by atoms with Crippen molar-refractivity contribution < 1.29 is 28.6 Å². The van der Waals surface area contributed by atoms with Crippen LogP contribution in [0.1, 0.15) is 245 Å². The van der Waals surface area contributed by atoms with Crippen LogP contribution in [0.15, 0.2) is 36.5 Å². The predicted octanol–water partition coefficient (Wildman–Crippen LogP) is 15.4. The summed E-state index contributed by atoms with van der Waals surface area (Å²) in [6, 6.07) is 0. The predicted molar refractivity (Wildman–Crippen MR) is 238 cm³/mol. The van der Waals surface area contributed by atoms with Crippen LogP contribution in [0.25, 0.3) is 0 Å². The Morgan fingerprint density at radius 2 is 0.696 bits per heavy atom. The van der Waals surface area contributed by atoms with Gasteiger partial charge in [-0.2, -0.15) is 0 Å². The molecule has 0 spiro atoms. The molecule has 0 aliphatic rings. The Kier molecular flexibility index (Phi) is 43.4. The number of unbranched alkanes of at least 4 members (excludes halogenated alkanes) is 26. The summed E-state index contributed by atoms with van der Waals surface area (Å²) in [4.78, 5) is 37.8. The third-order valence-electron chi connectivity index (χ3n) is 10.4. The zero-order valence-electron chi connectivity index (χ0n) is 37.2. The maximum Gasteiger partial charge on any atom is 0.306 e. The van der Waals surface area contributed by atoms with E-state index in [1.54, 1.807) is 0 Å². The average Bonchev–Trinajstić information content (AvgIpc) is 3.19. The SMILES string of the molecule is CC/C=C\C/C=C\CCCCCCCCCC(=O)OC(COC(=O)CCCCCCCCC/C=C\CCCCCC)COC(=O)CCCCCCCCCCC. The van der Waals surface area contributed by atoms with Crippen molar-refractivity contribution in [1.29, 1.82) is 0 Å². The van der Waals surface area contributed by atoms with Gasteiger partial charge in [0.25, 0.3) is 0 Å². The summed E-state index contributed by atoms with van der Waals surface area (Å²) >= 11 is 0. The lowest BCUT2D eigenvalue weighted by atomic mass is 10.1. The minimum Gasteiger partial charge on any atom is -0.462 e. The highest BCUT2D eigenvalue weighted by molar-refractivity contribution is 5.71. The van der Waals surface area contributed by atoms with Crippen LogP contribution in [0.2, 0.25) is 0 Å². The minimum absolute atomic E-state index is 0.0747. The summed E-state index contributed by atoms with van der Waals surface area (Å²) in [5.74, 6) is -0.886. The van der Waals surface area contributed by atoms with Crippen LogP contribution in [0.3, 0.4) is 0 Å². The molecule has 0 amide bonds. The van der Waals surface area contributed by atoms with Crippen molar-refractivity contribution in [3.8, 4) is 0 Å². The normalized spacial score (nSPS) is 12.3. The van der Waals surface area contributed by atoms with Crippen molar-refractivity contribution in [1.82, 2.24) is 0 Å². The fourth-order valence-electron chi connectivity index (χ4n) is 6.77. The van der Waals surface area contributed by atoms with Crippen LogP contribution < -0.4 is 0 Å². The third kappa shape index (κ3) is 42.8. The molecule has 1 unspecified atom stereocenters. The van der Waals surface area contributed by atoms with E-state index in [0.717, 1.165) is 77.0 Å². The monoisotopic (exact) mass is 787 g/mol. The molecular formula is C50H90O6. The highest BCUT2D eigenvalue weighted by Crippen LogP contribution is 2.14. The smallest absolute Gasteiger partial charge is 0.306 e. The zero-order chi connectivity index (χ0) is 40.8. The van der Waals surface area contributed by atoms with Gasteiger partial charge in [0.05, 0.1) is 0 Å². The van der Waals surface area contributed by atoms with Gasteiger partial charge in [-0.3, -0.25) is 14.4 Å². The van der Waals surface area contributed by atoms with Gasteiger partial charge in [-0.25, -0.2) is 0 Å². The van der Waals surface area contributed by atoms with E-state index in [9.17, 15) is 14.4 Å². The standard InChI is InChI=1S/C50H90O6/c1-4-7-10-13-16-19-21-23-25-27-28-31-34-37-40-43-49(52)55-46-47(45-54-48(51)42-39-36-33-30-18-15-12-9-6-3)56-50(53)44-41-38-35-32-29-26-24-22-20-17-14-11-8-5-2/h8,11,17,19-21,47H,4-7,9-10,12-16,18,22-46H2,1-3H3/b11-8-,20-17-,21-19-. The summed E-state index contributed by atoms with van der Waals surface area (Å²) in [6.45, 7) is 6.50. The maximum atomic E-state index is 12.7. The first kappa shape index (κ1) is 53.6. The second kappa shape index (κ2) is 45.3. The van der Waals surface area contributed by atoms with Gasteiger partial charge in [-0.1, -0.05) is 192 Å². The van der Waals surface area contributed by atoms with Crippen molar-refractivity contribution in [2.45, 2.75) is 252 Å². The lowest BCUT2D eigenvalue weighted by Crippen LogP contribution is -2.30. The van der Waals surface area contributed by atoms with E-state index in [0.29, 0.717) is 19.3 Å². The van der Waals surface area contributed by atoms with Gasteiger partial charge in [0, 0.05) is 19.3 Å². The van der Waals surface area contributed by atoms with Crippen molar-refractivity contribution in [3.63, 3.8) is 0 Å². The fraction of sp³-hybridized carbons (Fsp3) is 0.820. The Morgan fingerprint density at radius 3 is 1.11 bits per heavy atom. The van der Waals surface area contributed by atoms with E-state index in [2.05, 4.69) is 57.2 Å². The number of hydrogen-bond donors (Lipinski definition) is 0. The number of esters is 3. The van der Waals surface area contributed by atoms with Crippen LogP contribution >= 0.6 is 0 Å².